The summed E-state index contributed by atoms with van der Waals surface area (Å²) < 4.78 is 30.4. The first-order valence-corrected chi connectivity index (χ1v) is 20.4. The lowest BCUT2D eigenvalue weighted by atomic mass is 10.4. The van der Waals surface area contributed by atoms with Gasteiger partial charge < -0.3 is 21.2 Å². The zero-order valence-electron chi connectivity index (χ0n) is 18.6. The lowest BCUT2D eigenvalue weighted by molar-refractivity contribution is -0.136. The summed E-state index contributed by atoms with van der Waals surface area (Å²) in [6.45, 7) is 14.3. The van der Waals surface area contributed by atoms with Crippen molar-refractivity contribution in [1.82, 2.24) is 4.90 Å². The van der Waals surface area contributed by atoms with Crippen LogP contribution in [-0.2, 0) is 30.8 Å². The Balaban J connectivity index is 2.87. The summed E-state index contributed by atoms with van der Waals surface area (Å²) in [6.07, 6.45) is 3.20. The summed E-state index contributed by atoms with van der Waals surface area (Å²) in [5.41, 5.74) is 0. The highest BCUT2D eigenvalue weighted by Gasteiger charge is 2.46. The number of rotatable bonds is 12. The first-order chi connectivity index (χ1) is 12.6. The van der Waals surface area contributed by atoms with Gasteiger partial charge in [-0.2, -0.15) is 0 Å². The molecule has 162 valence electrons. The first kappa shape index (κ1) is 25.6. The highest BCUT2D eigenvalue weighted by molar-refractivity contribution is 6.87. The largest absolute Gasteiger partial charge is 0.416 e. The molecule has 1 rings (SSSR count). The molecule has 8 nitrogen and oxygen atoms in total. The SMILES string of the molecule is CO[Si](C)(C)O[Si](C)(C)O[Si](C)(CCCN1C(=O)C=CC1=O)O[Si](C)(C)OC. The van der Waals surface area contributed by atoms with Crippen LogP contribution < -0.4 is 0 Å². The van der Waals surface area contributed by atoms with Gasteiger partial charge in [0.25, 0.3) is 11.8 Å². The van der Waals surface area contributed by atoms with Gasteiger partial charge in [0.1, 0.15) is 0 Å². The highest BCUT2D eigenvalue weighted by atomic mass is 28.5. The summed E-state index contributed by atoms with van der Waals surface area (Å²) in [6, 6.07) is 0.624. The Morgan fingerprint density at radius 2 is 1.18 bits per heavy atom. The summed E-state index contributed by atoms with van der Waals surface area (Å²) in [7, 11) is -6.57. The van der Waals surface area contributed by atoms with E-state index in [1.165, 1.54) is 17.1 Å². The average molecular weight is 466 g/mol. The molecule has 1 aliphatic rings. The Labute approximate surface area is 173 Å². The molecule has 0 radical (unpaired) electrons. The Morgan fingerprint density at radius 1 is 0.750 bits per heavy atom. The second-order valence-corrected chi connectivity index (χ2v) is 22.7. The molecule has 0 fully saturated rings. The molecule has 1 aliphatic heterocycles. The van der Waals surface area contributed by atoms with Crippen molar-refractivity contribution in [3.05, 3.63) is 12.2 Å². The first-order valence-electron chi connectivity index (χ1n) is 9.39. The molecular weight excluding hydrogens is 431 g/mol. The van der Waals surface area contributed by atoms with Crippen LogP contribution in [0.5, 0.6) is 0 Å². The fourth-order valence-corrected chi connectivity index (χ4v) is 19.5. The van der Waals surface area contributed by atoms with E-state index in [2.05, 4.69) is 0 Å². The molecule has 12 heteroatoms. The minimum absolute atomic E-state index is 0.271. The van der Waals surface area contributed by atoms with Crippen molar-refractivity contribution in [3.63, 3.8) is 0 Å². The number of carbonyl (C=O) groups is 2. The van der Waals surface area contributed by atoms with Crippen molar-refractivity contribution < 1.29 is 30.8 Å². The third-order valence-electron chi connectivity index (χ3n) is 4.31. The van der Waals surface area contributed by atoms with Gasteiger partial charge in [0.05, 0.1) is 0 Å². The average Bonchev–Trinajstić information content (AvgIpc) is 2.84. The summed E-state index contributed by atoms with van der Waals surface area (Å²) in [5, 5.41) is 0. The van der Waals surface area contributed by atoms with Crippen LogP contribution in [0.15, 0.2) is 12.2 Å². The zero-order valence-corrected chi connectivity index (χ0v) is 22.6. The minimum atomic E-state index is -2.70. The fourth-order valence-electron chi connectivity index (χ4n) is 3.07. The quantitative estimate of drug-likeness (QED) is 0.324. The molecule has 0 aromatic heterocycles. The summed E-state index contributed by atoms with van der Waals surface area (Å²) in [5.74, 6) is -0.541. The van der Waals surface area contributed by atoms with Crippen molar-refractivity contribution in [2.75, 3.05) is 20.8 Å². The van der Waals surface area contributed by atoms with Gasteiger partial charge in [0.15, 0.2) is 0 Å². The van der Waals surface area contributed by atoms with Crippen LogP contribution in [-0.4, -0.2) is 71.7 Å². The molecule has 0 saturated carbocycles. The highest BCUT2D eigenvalue weighted by Crippen LogP contribution is 2.28. The van der Waals surface area contributed by atoms with E-state index in [1.54, 1.807) is 14.2 Å². The molecule has 0 N–H and O–H groups in total. The van der Waals surface area contributed by atoms with Gasteiger partial charge in [-0.25, -0.2) is 0 Å². The van der Waals surface area contributed by atoms with Crippen LogP contribution in [0.1, 0.15) is 6.42 Å². The third-order valence-corrected chi connectivity index (χ3v) is 18.9. The maximum Gasteiger partial charge on any atom is 0.322 e. The second kappa shape index (κ2) is 9.57. The summed E-state index contributed by atoms with van der Waals surface area (Å²) >= 11 is 0. The van der Waals surface area contributed by atoms with E-state index >= 15 is 0 Å². The molecule has 1 unspecified atom stereocenters. The molecule has 0 spiro atoms. The smallest absolute Gasteiger partial charge is 0.322 e. The molecular formula is C16H35NO7Si4. The van der Waals surface area contributed by atoms with Gasteiger partial charge in [-0.1, -0.05) is 0 Å². The van der Waals surface area contributed by atoms with E-state index in [9.17, 15) is 9.59 Å². The monoisotopic (exact) mass is 465 g/mol. The van der Waals surface area contributed by atoms with E-state index in [4.69, 9.17) is 21.2 Å². The molecule has 0 aliphatic carbocycles. The molecule has 1 atom stereocenters. The summed E-state index contributed by atoms with van der Waals surface area (Å²) in [4.78, 5) is 24.8. The van der Waals surface area contributed by atoms with Crippen molar-refractivity contribution >= 4 is 46.1 Å². The van der Waals surface area contributed by atoms with E-state index in [0.717, 1.165) is 0 Å². The van der Waals surface area contributed by atoms with Crippen LogP contribution in [0.25, 0.3) is 0 Å². The Kier molecular flexibility index (Phi) is 8.75. The van der Waals surface area contributed by atoms with Gasteiger partial charge in [-0.3, -0.25) is 14.5 Å². The molecule has 28 heavy (non-hydrogen) atoms. The normalized spacial score (nSPS) is 18.1. The van der Waals surface area contributed by atoms with E-state index in [1.807, 2.05) is 45.8 Å². The van der Waals surface area contributed by atoms with Crippen molar-refractivity contribution in [1.29, 1.82) is 0 Å². The lowest BCUT2D eigenvalue weighted by Crippen LogP contribution is -2.58. The van der Waals surface area contributed by atoms with Gasteiger partial charge in [0, 0.05) is 32.9 Å². The maximum absolute atomic E-state index is 11.8. The van der Waals surface area contributed by atoms with Crippen molar-refractivity contribution in [3.8, 4) is 0 Å². The molecule has 0 aromatic carbocycles. The number of carbonyl (C=O) groups excluding carboxylic acids is 2. The number of hydrogen-bond acceptors (Lipinski definition) is 7. The maximum atomic E-state index is 11.8. The van der Waals surface area contributed by atoms with Crippen LogP contribution in [0, 0.1) is 0 Å². The van der Waals surface area contributed by atoms with Crippen LogP contribution in [0.4, 0.5) is 0 Å². The lowest BCUT2D eigenvalue weighted by Gasteiger charge is -2.41. The fraction of sp³-hybridized carbons (Fsp3) is 0.750. The van der Waals surface area contributed by atoms with Crippen LogP contribution in [0.2, 0.25) is 51.9 Å². The Bertz CT molecular complexity index is 594. The Morgan fingerprint density at radius 3 is 1.64 bits per heavy atom. The standard InChI is InChI=1S/C16H35NO7Si4/c1-20-25(3,4)22-27(7,8)24-28(9,23-26(5,6)21-2)14-10-13-17-15(18)11-12-16(17)19/h11-12H,10,13-14H2,1-9H3. The van der Waals surface area contributed by atoms with E-state index < -0.39 is 34.2 Å². The predicted octanol–water partition coefficient (Wildman–Crippen LogP) is 2.82. The molecule has 0 saturated heterocycles. The van der Waals surface area contributed by atoms with Crippen LogP contribution in [0.3, 0.4) is 0 Å². The topological polar surface area (TPSA) is 83.5 Å². The molecule has 0 bridgehead atoms. The number of imide groups is 1. The van der Waals surface area contributed by atoms with Crippen LogP contribution >= 0.6 is 0 Å². The van der Waals surface area contributed by atoms with E-state index in [0.29, 0.717) is 19.0 Å². The number of amides is 2. The van der Waals surface area contributed by atoms with Gasteiger partial charge in [-0.05, 0) is 58.3 Å². The zero-order chi connectivity index (χ0) is 21.8. The molecule has 2 amide bonds. The van der Waals surface area contributed by atoms with Gasteiger partial charge in [0.2, 0.25) is 0 Å². The molecule has 0 aromatic rings. The van der Waals surface area contributed by atoms with E-state index in [-0.39, 0.29) is 11.8 Å². The second-order valence-electron chi connectivity index (χ2n) is 8.31. The Hall–Kier alpha value is -0.452. The van der Waals surface area contributed by atoms with Gasteiger partial charge >= 0.3 is 34.2 Å². The minimum Gasteiger partial charge on any atom is -0.416 e. The number of nitrogens with zero attached hydrogens (tertiary/aromatic N) is 1. The number of hydrogen-bond donors (Lipinski definition) is 0. The van der Waals surface area contributed by atoms with Gasteiger partial charge in [-0.15, -0.1) is 0 Å². The van der Waals surface area contributed by atoms with Crippen molar-refractivity contribution in [2.45, 2.75) is 58.3 Å². The molecule has 1 heterocycles. The predicted molar refractivity (Wildman–Crippen MR) is 117 cm³/mol. The third kappa shape index (κ3) is 8.12. The van der Waals surface area contributed by atoms with Crippen molar-refractivity contribution in [2.24, 2.45) is 0 Å².